The first kappa shape index (κ1) is 16.6. The first-order valence-electron chi connectivity index (χ1n) is 10.1. The summed E-state index contributed by atoms with van der Waals surface area (Å²) in [6.45, 7) is 7.15. The summed E-state index contributed by atoms with van der Waals surface area (Å²) in [4.78, 5) is 23.4. The van der Waals surface area contributed by atoms with Gasteiger partial charge in [-0.3, -0.25) is 4.79 Å². The van der Waals surface area contributed by atoms with E-state index in [-0.39, 0.29) is 5.41 Å². The number of Topliss-reactive ketones (excluding diaryl/α,β-unsaturated/α-hetero) is 1. The van der Waals surface area contributed by atoms with Crippen molar-refractivity contribution in [3.8, 4) is 0 Å². The van der Waals surface area contributed by atoms with E-state index in [1.807, 2.05) is 0 Å². The predicted molar refractivity (Wildman–Crippen MR) is 95.0 cm³/mol. The van der Waals surface area contributed by atoms with Gasteiger partial charge in [-0.1, -0.05) is 20.8 Å². The van der Waals surface area contributed by atoms with Crippen molar-refractivity contribution in [2.24, 2.45) is 46.3 Å². The Morgan fingerprint density at radius 2 is 1.92 bits per heavy atom. The molecule has 4 aliphatic carbocycles. The zero-order valence-electron chi connectivity index (χ0n) is 15.5. The zero-order chi connectivity index (χ0) is 17.1. The van der Waals surface area contributed by atoms with Crippen LogP contribution < -0.4 is 0 Å². The molecule has 0 heterocycles. The normalized spacial score (nSPS) is 53.5. The summed E-state index contributed by atoms with van der Waals surface area (Å²) in [6.07, 6.45) is 11.2. The van der Waals surface area contributed by atoms with Gasteiger partial charge in [-0.25, -0.2) is 4.79 Å². The van der Waals surface area contributed by atoms with Crippen molar-refractivity contribution >= 4 is 11.7 Å². The first-order valence-corrected chi connectivity index (χ1v) is 10.1. The molecular formula is C22H32O2. The number of fused-ring (bicyclic) bond motifs is 5. The van der Waals surface area contributed by atoms with Crippen molar-refractivity contribution < 1.29 is 9.59 Å². The number of allylic oxidation sites excluding steroid dienone is 1. The number of hydrogen-bond donors (Lipinski definition) is 0. The third kappa shape index (κ3) is 2.15. The average molecular weight is 328 g/mol. The monoisotopic (exact) mass is 328 g/mol. The van der Waals surface area contributed by atoms with Gasteiger partial charge in [0.2, 0.25) is 0 Å². The van der Waals surface area contributed by atoms with E-state index >= 15 is 0 Å². The quantitative estimate of drug-likeness (QED) is 0.645. The molecule has 4 fully saturated rings. The Labute approximate surface area is 146 Å². The Kier molecular flexibility index (Phi) is 3.84. The van der Waals surface area contributed by atoms with Crippen LogP contribution in [0, 0.1) is 46.3 Å². The lowest BCUT2D eigenvalue weighted by Crippen LogP contribution is -2.54. The van der Waals surface area contributed by atoms with E-state index in [1.165, 1.54) is 32.1 Å². The Hall–Kier alpha value is -0.880. The highest BCUT2D eigenvalue weighted by Crippen LogP contribution is 2.66. The van der Waals surface area contributed by atoms with Gasteiger partial charge in [-0.15, -0.1) is 0 Å². The van der Waals surface area contributed by atoms with E-state index in [9.17, 15) is 9.59 Å². The Balaban J connectivity index is 1.62. The molecule has 0 bridgehead atoms. The smallest absolute Gasteiger partial charge is 0.139 e. The van der Waals surface area contributed by atoms with Gasteiger partial charge in [-0.2, -0.15) is 0 Å². The van der Waals surface area contributed by atoms with E-state index < -0.39 is 0 Å². The highest BCUT2D eigenvalue weighted by atomic mass is 16.1. The largest absolute Gasteiger partial charge is 0.299 e. The molecule has 8 atom stereocenters. The van der Waals surface area contributed by atoms with Crippen molar-refractivity contribution in [2.45, 2.75) is 72.1 Å². The predicted octanol–water partition coefficient (Wildman–Crippen LogP) is 4.85. The molecule has 0 aromatic rings. The fourth-order valence-electron chi connectivity index (χ4n) is 7.74. The molecule has 2 nitrogen and oxygen atoms in total. The summed E-state index contributed by atoms with van der Waals surface area (Å²) in [5.41, 5.74) is 0.413. The van der Waals surface area contributed by atoms with E-state index in [4.69, 9.17) is 0 Å². The molecule has 2 heteroatoms. The minimum absolute atomic E-state index is 0.00651. The zero-order valence-corrected chi connectivity index (χ0v) is 15.5. The lowest BCUT2D eigenvalue weighted by Gasteiger charge is -2.61. The molecule has 0 aromatic carbocycles. The van der Waals surface area contributed by atoms with Crippen LogP contribution in [0.15, 0.2) is 6.08 Å². The second-order valence-corrected chi connectivity index (χ2v) is 9.94. The van der Waals surface area contributed by atoms with Gasteiger partial charge in [-0.05, 0) is 85.9 Å². The molecule has 3 unspecified atom stereocenters. The highest BCUT2D eigenvalue weighted by Gasteiger charge is 2.60. The van der Waals surface area contributed by atoms with Gasteiger partial charge in [0, 0.05) is 17.9 Å². The van der Waals surface area contributed by atoms with E-state index in [1.54, 1.807) is 6.08 Å². The summed E-state index contributed by atoms with van der Waals surface area (Å²) in [7, 11) is 0. The molecule has 0 aromatic heterocycles. The minimum Gasteiger partial charge on any atom is -0.299 e. The topological polar surface area (TPSA) is 34.1 Å². The van der Waals surface area contributed by atoms with Crippen molar-refractivity contribution in [2.75, 3.05) is 0 Å². The maximum Gasteiger partial charge on any atom is 0.139 e. The second kappa shape index (κ2) is 5.56. The van der Waals surface area contributed by atoms with Crippen molar-refractivity contribution in [1.29, 1.82) is 0 Å². The number of carbonyl (C=O) groups excluding carboxylic acids is 2. The fraction of sp³-hybridized carbons (Fsp3) is 0.864. The molecule has 4 aliphatic rings. The lowest BCUT2D eigenvalue weighted by atomic mass is 9.43. The van der Waals surface area contributed by atoms with Crippen LogP contribution in [-0.4, -0.2) is 11.7 Å². The highest BCUT2D eigenvalue weighted by molar-refractivity contribution is 5.87. The van der Waals surface area contributed by atoms with Gasteiger partial charge in [0.25, 0.3) is 0 Å². The third-order valence-electron chi connectivity index (χ3n) is 9.11. The number of rotatable bonds is 1. The molecule has 0 aliphatic heterocycles. The third-order valence-corrected chi connectivity index (χ3v) is 9.11. The Morgan fingerprint density at radius 3 is 2.67 bits per heavy atom. The maximum absolute atomic E-state index is 12.5. The van der Waals surface area contributed by atoms with Crippen LogP contribution in [0.5, 0.6) is 0 Å². The molecule has 0 radical (unpaired) electrons. The van der Waals surface area contributed by atoms with Gasteiger partial charge < -0.3 is 0 Å². The summed E-state index contributed by atoms with van der Waals surface area (Å²) < 4.78 is 0. The van der Waals surface area contributed by atoms with Crippen LogP contribution in [0.1, 0.15) is 72.1 Å². The van der Waals surface area contributed by atoms with Gasteiger partial charge in [0.15, 0.2) is 0 Å². The number of carbonyl (C=O) groups is 1. The molecule has 24 heavy (non-hydrogen) atoms. The van der Waals surface area contributed by atoms with Crippen LogP contribution in [-0.2, 0) is 9.59 Å². The van der Waals surface area contributed by atoms with E-state index in [0.717, 1.165) is 37.0 Å². The van der Waals surface area contributed by atoms with Crippen LogP contribution >= 0.6 is 0 Å². The van der Waals surface area contributed by atoms with Crippen molar-refractivity contribution in [3.05, 3.63) is 6.08 Å². The van der Waals surface area contributed by atoms with Crippen LogP contribution in [0.25, 0.3) is 0 Å². The SMILES string of the molecule is CC1C[C@@]2(C)C(CC[C@@H]3[C@H]2CC[C@]2(C)C(=O)CC[C@@H]32)CC1C=C=O. The lowest BCUT2D eigenvalue weighted by molar-refractivity contribution is -0.142. The minimum atomic E-state index is -0.00651. The maximum atomic E-state index is 12.5. The number of hydrogen-bond acceptors (Lipinski definition) is 2. The molecule has 0 spiro atoms. The summed E-state index contributed by atoms with van der Waals surface area (Å²) in [6, 6.07) is 0. The van der Waals surface area contributed by atoms with Gasteiger partial charge in [0.05, 0.1) is 0 Å². The second-order valence-electron chi connectivity index (χ2n) is 9.94. The molecular weight excluding hydrogens is 296 g/mol. The Morgan fingerprint density at radius 1 is 1.12 bits per heavy atom. The van der Waals surface area contributed by atoms with E-state index in [0.29, 0.717) is 29.0 Å². The molecule has 0 N–H and O–H groups in total. The van der Waals surface area contributed by atoms with Gasteiger partial charge in [0.1, 0.15) is 11.7 Å². The molecule has 4 rings (SSSR count). The molecule has 0 saturated heterocycles. The summed E-state index contributed by atoms with van der Waals surface area (Å²) >= 11 is 0. The number of ketones is 1. The van der Waals surface area contributed by atoms with Crippen LogP contribution in [0.2, 0.25) is 0 Å². The summed E-state index contributed by atoms with van der Waals surface area (Å²) in [5.74, 6) is 6.58. The Bertz CT molecular complexity index is 589. The van der Waals surface area contributed by atoms with Crippen molar-refractivity contribution in [3.63, 3.8) is 0 Å². The average Bonchev–Trinajstić information content (AvgIpc) is 2.84. The first-order chi connectivity index (χ1) is 11.4. The van der Waals surface area contributed by atoms with Crippen molar-refractivity contribution in [1.82, 2.24) is 0 Å². The van der Waals surface area contributed by atoms with E-state index in [2.05, 4.69) is 26.7 Å². The van der Waals surface area contributed by atoms with Crippen LogP contribution in [0.4, 0.5) is 0 Å². The van der Waals surface area contributed by atoms with Gasteiger partial charge >= 0.3 is 0 Å². The molecule has 4 saturated carbocycles. The molecule has 132 valence electrons. The standard InChI is InChI=1S/C22H32O2/c1-14-13-22(3)16(12-15(14)9-11-23)4-5-17-18-6-7-20(24)21(18,2)10-8-19(17)22/h9,14-19H,4-8,10,12-13H2,1-3H3/t14?,15?,16?,17-,18-,19+,21-,22-/m0/s1. The van der Waals surface area contributed by atoms with Crippen LogP contribution in [0.3, 0.4) is 0 Å². The fourth-order valence-corrected chi connectivity index (χ4v) is 7.74. The molecule has 0 amide bonds. The summed E-state index contributed by atoms with van der Waals surface area (Å²) in [5, 5.41) is 0.